The third kappa shape index (κ3) is 2.67. The second kappa shape index (κ2) is 6.39. The van der Waals surface area contributed by atoms with Gasteiger partial charge in [0.2, 0.25) is 0 Å². The molecule has 0 saturated carbocycles. The highest BCUT2D eigenvalue weighted by Crippen LogP contribution is 2.44. The van der Waals surface area contributed by atoms with E-state index in [-0.39, 0.29) is 12.2 Å². The van der Waals surface area contributed by atoms with Crippen molar-refractivity contribution in [2.75, 3.05) is 6.61 Å². The van der Waals surface area contributed by atoms with Gasteiger partial charge in [-0.2, -0.15) is 0 Å². The molecule has 26 heavy (non-hydrogen) atoms. The van der Waals surface area contributed by atoms with Crippen molar-refractivity contribution in [1.29, 1.82) is 0 Å². The number of carbonyl (C=O) groups is 1. The van der Waals surface area contributed by atoms with Crippen molar-refractivity contribution in [3.63, 3.8) is 0 Å². The number of carbonyl (C=O) groups excluding carboxylic acids is 1. The molecule has 1 atom stereocenters. The van der Waals surface area contributed by atoms with Gasteiger partial charge in [-0.15, -0.1) is 0 Å². The Morgan fingerprint density at radius 1 is 1.08 bits per heavy atom. The van der Waals surface area contributed by atoms with Crippen LogP contribution in [0.5, 0.6) is 0 Å². The van der Waals surface area contributed by atoms with Gasteiger partial charge in [0.25, 0.3) is 0 Å². The normalized spacial score (nSPS) is 21.7. The molecule has 2 aromatic rings. The summed E-state index contributed by atoms with van der Waals surface area (Å²) in [5.74, 6) is 0.289. The van der Waals surface area contributed by atoms with Crippen LogP contribution < -0.4 is 5.46 Å². The predicted octanol–water partition coefficient (Wildman–Crippen LogP) is 0.901. The summed E-state index contributed by atoms with van der Waals surface area (Å²) in [6.07, 6.45) is 1.47. The Kier molecular flexibility index (Phi) is 4.19. The highest BCUT2D eigenvalue weighted by atomic mass is 16.5. The average molecular weight is 350 g/mol. The molecule has 0 spiro atoms. The number of hydrogen-bond donors (Lipinski definition) is 3. The molecular formula is C20H19BO5. The smallest absolute Gasteiger partial charge is 0.488 e. The van der Waals surface area contributed by atoms with E-state index in [0.29, 0.717) is 35.4 Å². The van der Waals surface area contributed by atoms with E-state index in [1.807, 2.05) is 12.1 Å². The molecule has 1 aliphatic carbocycles. The fraction of sp³-hybridized carbons (Fsp3) is 0.250. The summed E-state index contributed by atoms with van der Waals surface area (Å²) in [6, 6.07) is 13.9. The molecule has 5 nitrogen and oxygen atoms in total. The van der Waals surface area contributed by atoms with Crippen LogP contribution in [0, 0.1) is 0 Å². The summed E-state index contributed by atoms with van der Waals surface area (Å²) in [4.78, 5) is 13.2. The zero-order valence-electron chi connectivity index (χ0n) is 14.2. The molecule has 4 rings (SSSR count). The van der Waals surface area contributed by atoms with Crippen molar-refractivity contribution in [3.8, 4) is 0 Å². The maximum atomic E-state index is 13.2. The largest absolute Gasteiger partial charge is 0.493 e. The van der Waals surface area contributed by atoms with Gasteiger partial charge in [-0.1, -0.05) is 48.5 Å². The van der Waals surface area contributed by atoms with Gasteiger partial charge in [-0.05, 0) is 23.9 Å². The number of benzene rings is 2. The van der Waals surface area contributed by atoms with Crippen LogP contribution in [-0.2, 0) is 21.6 Å². The predicted molar refractivity (Wildman–Crippen MR) is 97.4 cm³/mol. The molecule has 2 aromatic carbocycles. The fourth-order valence-corrected chi connectivity index (χ4v) is 3.77. The number of hydrogen-bond acceptors (Lipinski definition) is 5. The Hall–Kier alpha value is -2.41. The lowest BCUT2D eigenvalue weighted by molar-refractivity contribution is -0.135. The van der Waals surface area contributed by atoms with E-state index in [1.54, 1.807) is 36.4 Å². The average Bonchev–Trinajstić information content (AvgIpc) is 2.67. The minimum Gasteiger partial charge on any atom is -0.493 e. The molecule has 0 radical (unpaired) electrons. The standard InChI is InChI=1S/C20H19BO5/c22-19-16-5-3-11-26-18(16)15-4-1-2-6-17(15)20(19,23)12-13-7-9-14(10-8-13)21(24)25/h1-2,4,6-10,23-25H,3,5,11-12H2. The topological polar surface area (TPSA) is 87.0 Å². The van der Waals surface area contributed by atoms with Crippen LogP contribution in [0.4, 0.5) is 0 Å². The minimum absolute atomic E-state index is 0.113. The fourth-order valence-electron chi connectivity index (χ4n) is 3.77. The summed E-state index contributed by atoms with van der Waals surface area (Å²) in [5, 5.41) is 29.9. The molecule has 0 aromatic heterocycles. The zero-order valence-corrected chi connectivity index (χ0v) is 14.2. The van der Waals surface area contributed by atoms with Gasteiger partial charge < -0.3 is 19.9 Å². The summed E-state index contributed by atoms with van der Waals surface area (Å²) >= 11 is 0. The van der Waals surface area contributed by atoms with E-state index in [4.69, 9.17) is 4.74 Å². The summed E-state index contributed by atoms with van der Waals surface area (Å²) in [6.45, 7) is 0.573. The number of fused-ring (bicyclic) bond motifs is 2. The van der Waals surface area contributed by atoms with Crippen LogP contribution in [0.2, 0.25) is 0 Å². The Morgan fingerprint density at radius 2 is 1.81 bits per heavy atom. The first kappa shape index (κ1) is 17.0. The maximum absolute atomic E-state index is 13.2. The Balaban J connectivity index is 1.77. The third-order valence-electron chi connectivity index (χ3n) is 5.10. The van der Waals surface area contributed by atoms with Crippen LogP contribution in [0.25, 0.3) is 5.76 Å². The lowest BCUT2D eigenvalue weighted by Gasteiger charge is -2.37. The first-order valence-electron chi connectivity index (χ1n) is 8.68. The quantitative estimate of drug-likeness (QED) is 0.716. The zero-order chi connectivity index (χ0) is 18.3. The van der Waals surface area contributed by atoms with Gasteiger partial charge in [-0.3, -0.25) is 4.79 Å². The van der Waals surface area contributed by atoms with Crippen LogP contribution in [0.3, 0.4) is 0 Å². The van der Waals surface area contributed by atoms with Gasteiger partial charge in [0.05, 0.1) is 6.61 Å². The van der Waals surface area contributed by atoms with Gasteiger partial charge in [0.15, 0.2) is 11.4 Å². The monoisotopic (exact) mass is 350 g/mol. The van der Waals surface area contributed by atoms with Crippen molar-refractivity contribution in [1.82, 2.24) is 0 Å². The Labute approximate surface area is 151 Å². The Morgan fingerprint density at radius 3 is 2.54 bits per heavy atom. The molecule has 3 N–H and O–H groups in total. The number of ketones is 1. The van der Waals surface area contributed by atoms with E-state index >= 15 is 0 Å². The number of aliphatic hydroxyl groups is 1. The van der Waals surface area contributed by atoms with E-state index in [2.05, 4.69) is 0 Å². The summed E-state index contributed by atoms with van der Waals surface area (Å²) in [5.41, 5.74) is 1.32. The summed E-state index contributed by atoms with van der Waals surface area (Å²) < 4.78 is 5.76. The molecule has 1 heterocycles. The van der Waals surface area contributed by atoms with E-state index < -0.39 is 12.7 Å². The van der Waals surface area contributed by atoms with Crippen LogP contribution in [0.1, 0.15) is 29.5 Å². The number of rotatable bonds is 3. The molecule has 132 valence electrons. The summed E-state index contributed by atoms with van der Waals surface area (Å²) in [7, 11) is -1.55. The van der Waals surface area contributed by atoms with Crippen LogP contribution in [0.15, 0.2) is 54.1 Å². The highest BCUT2D eigenvalue weighted by Gasteiger charge is 2.47. The van der Waals surface area contributed by atoms with Crippen LogP contribution in [-0.4, -0.2) is 34.7 Å². The Bertz CT molecular complexity index is 887. The maximum Gasteiger partial charge on any atom is 0.488 e. The molecule has 0 fully saturated rings. The van der Waals surface area contributed by atoms with Gasteiger partial charge >= 0.3 is 7.12 Å². The SMILES string of the molecule is O=C1C2=C(OCCC2)c2ccccc2C1(O)Cc1ccc(B(O)O)cc1. The number of ether oxygens (including phenoxy) is 1. The van der Waals surface area contributed by atoms with E-state index in [9.17, 15) is 19.9 Å². The highest BCUT2D eigenvalue weighted by molar-refractivity contribution is 6.58. The first-order valence-corrected chi connectivity index (χ1v) is 8.68. The van der Waals surface area contributed by atoms with Crippen LogP contribution >= 0.6 is 0 Å². The van der Waals surface area contributed by atoms with Gasteiger partial charge in [0, 0.05) is 23.1 Å². The minimum atomic E-state index is -1.66. The lowest BCUT2D eigenvalue weighted by Crippen LogP contribution is -2.43. The third-order valence-corrected chi connectivity index (χ3v) is 5.10. The van der Waals surface area contributed by atoms with Crippen molar-refractivity contribution < 1.29 is 24.7 Å². The molecule has 1 unspecified atom stereocenters. The van der Waals surface area contributed by atoms with E-state index in [0.717, 1.165) is 17.5 Å². The molecular weight excluding hydrogens is 331 g/mol. The molecule has 6 heteroatoms. The van der Waals surface area contributed by atoms with Crippen molar-refractivity contribution in [2.45, 2.75) is 24.9 Å². The molecule has 0 saturated heterocycles. The molecule has 0 bridgehead atoms. The number of Topliss-reactive ketones (excluding diaryl/α,β-unsaturated/α-hetero) is 1. The van der Waals surface area contributed by atoms with Crippen molar-refractivity contribution in [3.05, 3.63) is 70.8 Å². The molecule has 2 aliphatic rings. The van der Waals surface area contributed by atoms with Gasteiger partial charge in [-0.25, -0.2) is 0 Å². The molecule has 1 aliphatic heterocycles. The second-order valence-corrected chi connectivity index (χ2v) is 6.79. The molecule has 0 amide bonds. The van der Waals surface area contributed by atoms with Crippen molar-refractivity contribution >= 4 is 24.1 Å². The second-order valence-electron chi connectivity index (χ2n) is 6.79. The van der Waals surface area contributed by atoms with E-state index in [1.165, 1.54) is 0 Å². The lowest BCUT2D eigenvalue weighted by atomic mass is 9.72. The first-order chi connectivity index (χ1) is 12.5. The van der Waals surface area contributed by atoms with Gasteiger partial charge in [0.1, 0.15) is 5.76 Å². The van der Waals surface area contributed by atoms with Crippen molar-refractivity contribution in [2.24, 2.45) is 0 Å².